The third-order valence-electron chi connectivity index (χ3n) is 3.28. The largest absolute Gasteiger partial charge is 0.314 e. The van der Waals surface area contributed by atoms with Gasteiger partial charge >= 0.3 is 0 Å². The van der Waals surface area contributed by atoms with E-state index in [0.717, 1.165) is 12.1 Å². The Kier molecular flexibility index (Phi) is 4.29. The Morgan fingerprint density at radius 3 is 2.68 bits per heavy atom. The molecule has 0 saturated heterocycles. The van der Waals surface area contributed by atoms with Gasteiger partial charge in [0, 0.05) is 19.7 Å². The Bertz CT molecular complexity index is 552. The Morgan fingerprint density at radius 2 is 2.00 bits per heavy atom. The predicted molar refractivity (Wildman–Crippen MR) is 77.1 cm³/mol. The van der Waals surface area contributed by atoms with Crippen molar-refractivity contribution in [1.82, 2.24) is 4.98 Å². The van der Waals surface area contributed by atoms with Gasteiger partial charge in [0.1, 0.15) is 0 Å². The Hall–Kier alpha value is -2.16. The third-order valence-corrected chi connectivity index (χ3v) is 3.28. The van der Waals surface area contributed by atoms with E-state index in [4.69, 9.17) is 0 Å². The number of carbonyl (C=O) groups is 1. The van der Waals surface area contributed by atoms with E-state index in [2.05, 4.69) is 24.0 Å². The molecule has 0 unspecified atom stereocenters. The molecule has 2 aromatic rings. The van der Waals surface area contributed by atoms with Crippen LogP contribution in [0.15, 0.2) is 48.8 Å². The first-order chi connectivity index (χ1) is 9.18. The number of pyridine rings is 1. The lowest BCUT2D eigenvalue weighted by atomic mass is 10.0. The van der Waals surface area contributed by atoms with Crippen LogP contribution in [-0.2, 0) is 11.2 Å². The van der Waals surface area contributed by atoms with Crippen LogP contribution in [-0.4, -0.2) is 17.9 Å². The summed E-state index contributed by atoms with van der Waals surface area (Å²) in [7, 11) is 1.79. The van der Waals surface area contributed by atoms with Crippen LogP contribution in [0.25, 0.3) is 0 Å². The number of hydrogen-bond acceptors (Lipinski definition) is 2. The topological polar surface area (TPSA) is 33.2 Å². The summed E-state index contributed by atoms with van der Waals surface area (Å²) >= 11 is 0. The number of hydrogen-bond donors (Lipinski definition) is 0. The summed E-state index contributed by atoms with van der Waals surface area (Å²) in [6.45, 7) is 2.07. The quantitative estimate of drug-likeness (QED) is 0.840. The number of anilines is 1. The number of aryl methyl sites for hydroxylation is 2. The zero-order valence-electron chi connectivity index (χ0n) is 11.3. The molecule has 1 heterocycles. The van der Waals surface area contributed by atoms with E-state index in [9.17, 15) is 4.79 Å². The predicted octanol–water partition coefficient (Wildman–Crippen LogP) is 2.99. The maximum atomic E-state index is 12.1. The fourth-order valence-electron chi connectivity index (χ4n) is 2.00. The van der Waals surface area contributed by atoms with Crippen molar-refractivity contribution in [1.29, 1.82) is 0 Å². The van der Waals surface area contributed by atoms with Crippen LogP contribution in [0.3, 0.4) is 0 Å². The number of amides is 1. The minimum absolute atomic E-state index is 0.108. The van der Waals surface area contributed by atoms with Gasteiger partial charge < -0.3 is 4.90 Å². The van der Waals surface area contributed by atoms with E-state index in [-0.39, 0.29) is 5.91 Å². The summed E-state index contributed by atoms with van der Waals surface area (Å²) < 4.78 is 0. The lowest BCUT2D eigenvalue weighted by molar-refractivity contribution is -0.118. The fraction of sp³-hybridized carbons (Fsp3) is 0.250. The van der Waals surface area contributed by atoms with Crippen LogP contribution in [0.1, 0.15) is 17.5 Å². The molecule has 98 valence electrons. The number of aromatic nitrogens is 1. The van der Waals surface area contributed by atoms with Crippen molar-refractivity contribution in [2.24, 2.45) is 0 Å². The molecular formula is C16H18N2O. The maximum Gasteiger partial charge on any atom is 0.227 e. The maximum absolute atomic E-state index is 12.1. The van der Waals surface area contributed by atoms with E-state index in [1.165, 1.54) is 11.1 Å². The van der Waals surface area contributed by atoms with Crippen LogP contribution >= 0.6 is 0 Å². The minimum atomic E-state index is 0.108. The Labute approximate surface area is 113 Å². The van der Waals surface area contributed by atoms with Gasteiger partial charge in [-0.15, -0.1) is 0 Å². The van der Waals surface area contributed by atoms with Gasteiger partial charge in [-0.1, -0.05) is 24.3 Å². The molecule has 0 spiro atoms. The Morgan fingerprint density at radius 1 is 1.21 bits per heavy atom. The van der Waals surface area contributed by atoms with Crippen LogP contribution in [0.2, 0.25) is 0 Å². The summed E-state index contributed by atoms with van der Waals surface area (Å²) in [5, 5.41) is 0. The minimum Gasteiger partial charge on any atom is -0.314 e. The summed E-state index contributed by atoms with van der Waals surface area (Å²) in [6, 6.07) is 11.9. The molecule has 0 fully saturated rings. The van der Waals surface area contributed by atoms with E-state index in [1.807, 2.05) is 24.3 Å². The second-order valence-electron chi connectivity index (χ2n) is 4.59. The smallest absolute Gasteiger partial charge is 0.227 e. The third kappa shape index (κ3) is 3.41. The van der Waals surface area contributed by atoms with Crippen molar-refractivity contribution < 1.29 is 4.79 Å². The monoisotopic (exact) mass is 254 g/mol. The van der Waals surface area contributed by atoms with Crippen molar-refractivity contribution in [2.75, 3.05) is 11.9 Å². The molecule has 1 amide bonds. The van der Waals surface area contributed by atoms with Gasteiger partial charge in [-0.3, -0.25) is 9.78 Å². The van der Waals surface area contributed by atoms with Gasteiger partial charge in [-0.05, 0) is 36.6 Å². The molecule has 0 N–H and O–H groups in total. The highest BCUT2D eigenvalue weighted by Crippen LogP contribution is 2.14. The van der Waals surface area contributed by atoms with Crippen molar-refractivity contribution in [2.45, 2.75) is 19.8 Å². The van der Waals surface area contributed by atoms with Gasteiger partial charge in [-0.25, -0.2) is 0 Å². The summed E-state index contributed by atoms with van der Waals surface area (Å²) in [5.74, 6) is 0.108. The van der Waals surface area contributed by atoms with Crippen molar-refractivity contribution in [3.8, 4) is 0 Å². The van der Waals surface area contributed by atoms with E-state index in [1.54, 1.807) is 24.3 Å². The summed E-state index contributed by atoms with van der Waals surface area (Å²) in [5.41, 5.74) is 3.30. The zero-order valence-corrected chi connectivity index (χ0v) is 11.3. The van der Waals surface area contributed by atoms with E-state index in [0.29, 0.717) is 6.42 Å². The first-order valence-electron chi connectivity index (χ1n) is 6.39. The molecule has 0 aliphatic carbocycles. The lowest BCUT2D eigenvalue weighted by Gasteiger charge is -2.17. The molecule has 1 aromatic carbocycles. The number of rotatable bonds is 4. The second kappa shape index (κ2) is 6.14. The molecule has 0 aliphatic rings. The molecule has 3 nitrogen and oxygen atoms in total. The van der Waals surface area contributed by atoms with Crippen LogP contribution in [0.5, 0.6) is 0 Å². The van der Waals surface area contributed by atoms with Gasteiger partial charge in [0.15, 0.2) is 0 Å². The SMILES string of the molecule is Cc1ccccc1CCC(=O)N(C)c1cccnc1. The average Bonchev–Trinajstić information content (AvgIpc) is 2.46. The van der Waals surface area contributed by atoms with Crippen molar-refractivity contribution in [3.63, 3.8) is 0 Å². The molecule has 1 aromatic heterocycles. The Balaban J connectivity index is 1.97. The van der Waals surface area contributed by atoms with Gasteiger partial charge in [0.05, 0.1) is 11.9 Å². The van der Waals surface area contributed by atoms with Crippen LogP contribution in [0, 0.1) is 6.92 Å². The standard InChI is InChI=1S/C16H18N2O/c1-13-6-3-4-7-14(13)9-10-16(19)18(2)15-8-5-11-17-12-15/h3-8,11-12H,9-10H2,1-2H3. The van der Waals surface area contributed by atoms with Gasteiger partial charge in [0.25, 0.3) is 0 Å². The summed E-state index contributed by atoms with van der Waals surface area (Å²) in [4.78, 5) is 17.8. The van der Waals surface area contributed by atoms with E-state index < -0.39 is 0 Å². The normalized spacial score (nSPS) is 10.2. The molecule has 0 bridgehead atoms. The van der Waals surface area contributed by atoms with Gasteiger partial charge in [0.2, 0.25) is 5.91 Å². The van der Waals surface area contributed by atoms with Gasteiger partial charge in [-0.2, -0.15) is 0 Å². The number of benzene rings is 1. The fourth-order valence-corrected chi connectivity index (χ4v) is 2.00. The molecule has 2 rings (SSSR count). The lowest BCUT2D eigenvalue weighted by Crippen LogP contribution is -2.26. The van der Waals surface area contributed by atoms with E-state index >= 15 is 0 Å². The molecule has 3 heteroatoms. The van der Waals surface area contributed by atoms with Crippen LogP contribution in [0.4, 0.5) is 5.69 Å². The highest BCUT2D eigenvalue weighted by atomic mass is 16.2. The first kappa shape index (κ1) is 13.3. The highest BCUT2D eigenvalue weighted by Gasteiger charge is 2.11. The first-order valence-corrected chi connectivity index (χ1v) is 6.39. The molecule has 0 aliphatic heterocycles. The molecule has 19 heavy (non-hydrogen) atoms. The molecule has 0 saturated carbocycles. The van der Waals surface area contributed by atoms with Crippen molar-refractivity contribution >= 4 is 11.6 Å². The van der Waals surface area contributed by atoms with Crippen LogP contribution < -0.4 is 4.90 Å². The number of carbonyl (C=O) groups excluding carboxylic acids is 1. The second-order valence-corrected chi connectivity index (χ2v) is 4.59. The molecule has 0 atom stereocenters. The van der Waals surface area contributed by atoms with Crippen molar-refractivity contribution in [3.05, 3.63) is 59.9 Å². The summed E-state index contributed by atoms with van der Waals surface area (Å²) in [6.07, 6.45) is 4.69. The molecule has 0 radical (unpaired) electrons. The average molecular weight is 254 g/mol. The molecular weight excluding hydrogens is 236 g/mol. The number of nitrogens with zero attached hydrogens (tertiary/aromatic N) is 2. The highest BCUT2D eigenvalue weighted by molar-refractivity contribution is 5.92. The zero-order chi connectivity index (χ0) is 13.7.